The second-order valence-corrected chi connectivity index (χ2v) is 5.28. The molecule has 112 valence electrons. The summed E-state index contributed by atoms with van der Waals surface area (Å²) in [5.74, 6) is -0.142. The lowest BCUT2D eigenvalue weighted by molar-refractivity contribution is 0.0945. The summed E-state index contributed by atoms with van der Waals surface area (Å²) in [7, 11) is 0. The molecule has 0 aliphatic rings. The summed E-state index contributed by atoms with van der Waals surface area (Å²) in [6, 6.07) is 12.8. The van der Waals surface area contributed by atoms with E-state index in [4.69, 9.17) is 11.6 Å². The average molecular weight is 315 g/mol. The number of amides is 1. The van der Waals surface area contributed by atoms with E-state index < -0.39 is 0 Å². The molecule has 22 heavy (non-hydrogen) atoms. The number of aromatic nitrogens is 3. The lowest BCUT2D eigenvalue weighted by atomic mass is 10.1. The van der Waals surface area contributed by atoms with E-state index in [-0.39, 0.29) is 11.9 Å². The molecule has 2 N–H and O–H groups in total. The minimum atomic E-state index is -0.142. The second-order valence-electron chi connectivity index (χ2n) is 4.85. The van der Waals surface area contributed by atoms with Crippen LogP contribution in [0.3, 0.4) is 0 Å². The highest BCUT2D eigenvalue weighted by atomic mass is 35.5. The predicted octanol–water partition coefficient (Wildman–Crippen LogP) is 2.88. The van der Waals surface area contributed by atoms with Crippen LogP contribution >= 0.6 is 11.6 Å². The van der Waals surface area contributed by atoms with Crippen molar-refractivity contribution >= 4 is 17.5 Å². The van der Waals surface area contributed by atoms with Gasteiger partial charge in [0.05, 0.1) is 6.04 Å². The van der Waals surface area contributed by atoms with E-state index in [1.807, 2.05) is 41.2 Å². The fourth-order valence-electron chi connectivity index (χ4n) is 2.27. The van der Waals surface area contributed by atoms with Crippen molar-refractivity contribution < 1.29 is 4.79 Å². The van der Waals surface area contributed by atoms with Crippen molar-refractivity contribution in [3.63, 3.8) is 0 Å². The summed E-state index contributed by atoms with van der Waals surface area (Å²) >= 11 is 5.94. The molecule has 0 aliphatic heterocycles. The van der Waals surface area contributed by atoms with Crippen LogP contribution in [0, 0.1) is 0 Å². The first-order valence-corrected chi connectivity index (χ1v) is 7.28. The molecule has 0 saturated heterocycles. The molecular weight excluding hydrogens is 300 g/mol. The van der Waals surface area contributed by atoms with Gasteiger partial charge in [-0.15, -0.1) is 0 Å². The Hall–Kier alpha value is -2.53. The molecule has 2 aromatic heterocycles. The Morgan fingerprint density at radius 1 is 1.27 bits per heavy atom. The maximum Gasteiger partial charge on any atom is 0.267 e. The summed E-state index contributed by atoms with van der Waals surface area (Å²) in [5, 5.41) is 7.88. The Bertz CT molecular complexity index is 720. The summed E-state index contributed by atoms with van der Waals surface area (Å²) in [4.78, 5) is 15.0. The van der Waals surface area contributed by atoms with Crippen molar-refractivity contribution in [3.8, 4) is 0 Å². The number of benzene rings is 1. The Labute approximate surface area is 132 Å². The van der Waals surface area contributed by atoms with Crippen molar-refractivity contribution in [3.05, 3.63) is 77.3 Å². The molecule has 6 heteroatoms. The topological polar surface area (TPSA) is 62.7 Å². The van der Waals surface area contributed by atoms with E-state index in [9.17, 15) is 4.79 Å². The lowest BCUT2D eigenvalue weighted by Gasteiger charge is -2.19. The number of hydrogen-bond donors (Lipinski definition) is 2. The van der Waals surface area contributed by atoms with E-state index in [0.717, 1.165) is 5.56 Å². The summed E-state index contributed by atoms with van der Waals surface area (Å²) in [6.07, 6.45) is 5.31. The number of H-pyrrole nitrogens is 1. The highest BCUT2D eigenvalue weighted by Crippen LogP contribution is 2.19. The third kappa shape index (κ3) is 3.20. The van der Waals surface area contributed by atoms with Gasteiger partial charge in [-0.05, 0) is 35.9 Å². The van der Waals surface area contributed by atoms with Crippen LogP contribution in [0.4, 0.5) is 0 Å². The third-order valence-electron chi connectivity index (χ3n) is 3.40. The molecule has 0 unspecified atom stereocenters. The Morgan fingerprint density at radius 3 is 2.73 bits per heavy atom. The number of carbonyl (C=O) groups excluding carboxylic acids is 1. The van der Waals surface area contributed by atoms with Crippen LogP contribution in [0.15, 0.2) is 61.1 Å². The molecule has 3 aromatic rings. The van der Waals surface area contributed by atoms with Crippen molar-refractivity contribution in [1.29, 1.82) is 0 Å². The van der Waals surface area contributed by atoms with Gasteiger partial charge in [0.25, 0.3) is 5.91 Å². The van der Waals surface area contributed by atoms with Gasteiger partial charge in [0.15, 0.2) is 0 Å². The zero-order valence-electron chi connectivity index (χ0n) is 11.7. The van der Waals surface area contributed by atoms with Gasteiger partial charge in [-0.1, -0.05) is 23.7 Å². The highest BCUT2D eigenvalue weighted by Gasteiger charge is 2.16. The Kier molecular flexibility index (Phi) is 4.25. The normalized spacial score (nSPS) is 12.0. The van der Waals surface area contributed by atoms with E-state index in [2.05, 4.69) is 15.4 Å². The van der Waals surface area contributed by atoms with Crippen LogP contribution in [0.2, 0.25) is 5.02 Å². The highest BCUT2D eigenvalue weighted by molar-refractivity contribution is 6.30. The van der Waals surface area contributed by atoms with Crippen molar-refractivity contribution in [2.75, 3.05) is 6.54 Å². The Morgan fingerprint density at radius 2 is 2.09 bits per heavy atom. The maximum atomic E-state index is 12.1. The number of nitrogens with one attached hydrogen (secondary N) is 2. The van der Waals surface area contributed by atoms with Gasteiger partial charge in [-0.2, -0.15) is 5.10 Å². The van der Waals surface area contributed by atoms with Gasteiger partial charge in [-0.3, -0.25) is 9.48 Å². The van der Waals surface area contributed by atoms with Gasteiger partial charge in [0.2, 0.25) is 0 Å². The zero-order chi connectivity index (χ0) is 15.4. The second kappa shape index (κ2) is 6.49. The van der Waals surface area contributed by atoms with Crippen LogP contribution in [-0.4, -0.2) is 27.2 Å². The van der Waals surface area contributed by atoms with Gasteiger partial charge in [-0.25, -0.2) is 0 Å². The SMILES string of the molecule is O=C(NC[C@H](c1ccc(Cl)cc1)n1cccn1)c1ccc[nH]1. The molecule has 0 radical (unpaired) electrons. The van der Waals surface area contributed by atoms with Crippen molar-refractivity contribution in [2.24, 2.45) is 0 Å². The zero-order valence-corrected chi connectivity index (χ0v) is 12.5. The maximum absolute atomic E-state index is 12.1. The third-order valence-corrected chi connectivity index (χ3v) is 3.65. The molecular formula is C16H15ClN4O. The summed E-state index contributed by atoms with van der Waals surface area (Å²) in [5.41, 5.74) is 1.57. The molecule has 1 amide bonds. The number of aromatic amines is 1. The molecule has 1 aromatic carbocycles. The van der Waals surface area contributed by atoms with Crippen LogP contribution in [0.1, 0.15) is 22.1 Å². The minimum Gasteiger partial charge on any atom is -0.357 e. The largest absolute Gasteiger partial charge is 0.357 e. The van der Waals surface area contributed by atoms with Crippen LogP contribution in [0.5, 0.6) is 0 Å². The molecule has 0 saturated carbocycles. The quantitative estimate of drug-likeness (QED) is 0.760. The number of carbonyl (C=O) groups is 1. The standard InChI is InChI=1S/C16H15ClN4O/c17-13-6-4-12(5-7-13)15(21-10-2-9-20-21)11-19-16(22)14-3-1-8-18-14/h1-10,15,18H,11H2,(H,19,22)/t15-/m1/s1. The molecule has 1 atom stereocenters. The van der Waals surface area contributed by atoms with Crippen molar-refractivity contribution in [2.45, 2.75) is 6.04 Å². The first kappa shape index (κ1) is 14.4. The predicted molar refractivity (Wildman–Crippen MR) is 84.9 cm³/mol. The summed E-state index contributed by atoms with van der Waals surface area (Å²) in [6.45, 7) is 0.432. The molecule has 3 rings (SSSR count). The number of halogens is 1. The fourth-order valence-corrected chi connectivity index (χ4v) is 2.40. The number of hydrogen-bond acceptors (Lipinski definition) is 2. The molecule has 0 fully saturated rings. The Balaban J connectivity index is 1.78. The minimum absolute atomic E-state index is 0.0915. The van der Waals surface area contributed by atoms with Gasteiger partial charge >= 0.3 is 0 Å². The molecule has 2 heterocycles. The molecule has 0 aliphatic carbocycles. The molecule has 0 bridgehead atoms. The lowest BCUT2D eigenvalue weighted by Crippen LogP contribution is -2.31. The van der Waals surface area contributed by atoms with Crippen molar-refractivity contribution in [1.82, 2.24) is 20.1 Å². The fraction of sp³-hybridized carbons (Fsp3) is 0.125. The number of nitrogens with zero attached hydrogens (tertiary/aromatic N) is 2. The van der Waals surface area contributed by atoms with Crippen LogP contribution < -0.4 is 5.32 Å². The van der Waals surface area contributed by atoms with E-state index in [1.165, 1.54) is 0 Å². The monoisotopic (exact) mass is 314 g/mol. The summed E-state index contributed by atoms with van der Waals surface area (Å²) < 4.78 is 1.82. The van der Waals surface area contributed by atoms with Crippen LogP contribution in [0.25, 0.3) is 0 Å². The van der Waals surface area contributed by atoms with Gasteiger partial charge < -0.3 is 10.3 Å². The average Bonchev–Trinajstić information content (AvgIpc) is 3.22. The van der Waals surface area contributed by atoms with E-state index in [0.29, 0.717) is 17.3 Å². The molecule has 0 spiro atoms. The first-order valence-electron chi connectivity index (χ1n) is 6.90. The van der Waals surface area contributed by atoms with E-state index >= 15 is 0 Å². The van der Waals surface area contributed by atoms with E-state index in [1.54, 1.807) is 24.5 Å². The number of rotatable bonds is 5. The molecule has 5 nitrogen and oxygen atoms in total. The first-order chi connectivity index (χ1) is 10.7. The smallest absolute Gasteiger partial charge is 0.267 e. The van der Waals surface area contributed by atoms with Crippen LogP contribution in [-0.2, 0) is 0 Å². The van der Waals surface area contributed by atoms with Gasteiger partial charge in [0, 0.05) is 30.2 Å². The van der Waals surface area contributed by atoms with Gasteiger partial charge in [0.1, 0.15) is 5.69 Å².